The van der Waals surface area contributed by atoms with Crippen molar-refractivity contribution >= 4 is 29.2 Å². The third kappa shape index (κ3) is 14.2. The molecular formula is C52H79N5O12. The monoisotopic (exact) mass is 966 g/mol. The molecule has 1 amide bonds. The summed E-state index contributed by atoms with van der Waals surface area (Å²) >= 11 is 0. The predicted octanol–water partition coefficient (Wildman–Crippen LogP) is 6.05. The quantitative estimate of drug-likeness (QED) is 0.235. The summed E-state index contributed by atoms with van der Waals surface area (Å²) in [6, 6.07) is -1.20. The van der Waals surface area contributed by atoms with Gasteiger partial charge in [0.25, 0.3) is 11.7 Å². The Bertz CT molecular complexity index is 2020. The van der Waals surface area contributed by atoms with Gasteiger partial charge in [-0.25, -0.2) is 9.48 Å². The van der Waals surface area contributed by atoms with Crippen LogP contribution in [0.5, 0.6) is 0 Å². The van der Waals surface area contributed by atoms with Crippen molar-refractivity contribution in [2.45, 2.75) is 180 Å². The highest BCUT2D eigenvalue weighted by Gasteiger charge is 2.53. The lowest BCUT2D eigenvalue weighted by Crippen LogP contribution is -2.61. The minimum Gasteiger partial charge on any atom is -0.460 e. The molecule has 15 atom stereocenters. The van der Waals surface area contributed by atoms with Gasteiger partial charge in [-0.1, -0.05) is 71.1 Å². The second-order valence-electron chi connectivity index (χ2n) is 20.4. The van der Waals surface area contributed by atoms with Crippen LogP contribution in [0.15, 0.2) is 53.9 Å². The average Bonchev–Trinajstić information content (AvgIpc) is 3.88. The van der Waals surface area contributed by atoms with Gasteiger partial charge >= 0.3 is 5.97 Å². The van der Waals surface area contributed by atoms with Crippen LogP contribution in [0.2, 0.25) is 0 Å². The summed E-state index contributed by atoms with van der Waals surface area (Å²) in [5, 5.41) is 35.2. The van der Waals surface area contributed by atoms with Crippen molar-refractivity contribution in [1.29, 1.82) is 0 Å². The number of fused-ring (bicyclic) bond motifs is 3. The average molecular weight is 966 g/mol. The number of ketones is 3. The summed E-state index contributed by atoms with van der Waals surface area (Å²) in [6.07, 6.45) is 14.0. The maximum absolute atomic E-state index is 14.5. The highest BCUT2D eigenvalue weighted by molar-refractivity contribution is 6.39. The number of hydrogen-bond acceptors (Lipinski definition) is 15. The summed E-state index contributed by atoms with van der Waals surface area (Å²) in [6.45, 7) is 12.8. The first-order valence-electron chi connectivity index (χ1n) is 25.0. The van der Waals surface area contributed by atoms with E-state index in [1.165, 1.54) is 12.0 Å². The van der Waals surface area contributed by atoms with E-state index in [0.717, 1.165) is 18.4 Å². The molecule has 2 saturated heterocycles. The molecule has 4 heterocycles. The number of aliphatic hydroxyl groups excluding tert-OH is 1. The molecule has 1 aromatic rings. The SMILES string of the molecule is CO[C@H]1C[C@@H]2CC[C@@H](C)[C@@](O)(O2)C(=O)C(=O)N2CCCC[C@H]2C(=O)O[C@H]([C@@H](C)C[C@@H]2CC[C@H](n3cnnn3)[C@H](OC)C2)CC(=O)C(C)=CC(C)[C@@H](O)[C@@H](OC)C(=O)[C@H](C)C[C@H](C)C=CC=CC=C1C. The van der Waals surface area contributed by atoms with Crippen LogP contribution in [-0.2, 0) is 47.7 Å². The zero-order valence-electron chi connectivity index (χ0n) is 42.5. The number of carbonyl (C=O) groups excluding carboxylic acids is 5. The Kier molecular flexibility index (Phi) is 20.8. The Hall–Kier alpha value is -4.26. The minimum atomic E-state index is -2.43. The van der Waals surface area contributed by atoms with Gasteiger partial charge in [0.05, 0.1) is 30.5 Å². The third-order valence-corrected chi connectivity index (χ3v) is 15.2. The maximum Gasteiger partial charge on any atom is 0.329 e. The van der Waals surface area contributed by atoms with E-state index in [1.807, 2.05) is 58.1 Å². The van der Waals surface area contributed by atoms with Crippen LogP contribution in [0, 0.1) is 35.5 Å². The Morgan fingerprint density at radius 1 is 0.899 bits per heavy atom. The van der Waals surface area contributed by atoms with Gasteiger partial charge in [0.15, 0.2) is 11.6 Å². The van der Waals surface area contributed by atoms with Crippen LogP contribution in [0.3, 0.4) is 0 Å². The summed E-state index contributed by atoms with van der Waals surface area (Å²) < 4.78 is 31.6. The fourth-order valence-electron chi connectivity index (χ4n) is 10.8. The number of rotatable bonds is 7. The van der Waals surface area contributed by atoms with E-state index in [9.17, 15) is 34.2 Å². The molecule has 3 aliphatic heterocycles. The standard InChI is InChI=1S/C52H79N5O12/c1-31-16-12-11-13-17-32(2)43(65-8)28-39-21-19-37(7)52(64,69-39)49(61)50(62)56-23-15-14-18-41(56)51(63)68-44(34(4)26-38-20-22-40(45(27-38)66-9)57-30-53-54-55-57)29-42(58)33(3)25-36(6)47(60)48(67-10)46(59)35(5)24-31/h11-13,16-17,25,30-31,34-41,43-45,47-48,60,64H,14-15,18-24,26-29H2,1-10H3/t31-,34+,35-,36?,37-,38+,39+,40+,41+,43+,44+,45-,47-,48+,52-/m1/s1. The first-order valence-corrected chi connectivity index (χ1v) is 25.0. The number of esters is 1. The molecule has 69 heavy (non-hydrogen) atoms. The number of Topliss-reactive ketones (excluding diaryl/α,β-unsaturated/α-hetero) is 3. The number of aromatic nitrogens is 4. The topological polar surface area (TPSA) is 219 Å². The zero-order chi connectivity index (χ0) is 50.6. The molecule has 4 aliphatic rings. The lowest BCUT2D eigenvalue weighted by molar-refractivity contribution is -0.265. The van der Waals surface area contributed by atoms with E-state index < -0.39 is 77.8 Å². The smallest absolute Gasteiger partial charge is 0.329 e. The number of amides is 1. The Balaban J connectivity index is 1.46. The highest BCUT2D eigenvalue weighted by atomic mass is 16.6. The molecule has 0 aromatic carbocycles. The fraction of sp³-hybridized carbons (Fsp3) is 0.731. The molecule has 384 valence electrons. The first-order chi connectivity index (χ1) is 32.8. The van der Waals surface area contributed by atoms with Crippen LogP contribution in [0.25, 0.3) is 0 Å². The number of cyclic esters (lactones) is 1. The van der Waals surface area contributed by atoms with Crippen LogP contribution in [0.1, 0.15) is 132 Å². The van der Waals surface area contributed by atoms with Gasteiger partial charge in [-0.3, -0.25) is 19.2 Å². The number of aliphatic hydroxyl groups is 2. The van der Waals surface area contributed by atoms with Crippen LogP contribution >= 0.6 is 0 Å². The Morgan fingerprint density at radius 2 is 1.65 bits per heavy atom. The van der Waals surface area contributed by atoms with E-state index in [0.29, 0.717) is 56.9 Å². The molecule has 17 nitrogen and oxygen atoms in total. The largest absolute Gasteiger partial charge is 0.460 e. The normalized spacial score (nSPS) is 36.3. The zero-order valence-corrected chi connectivity index (χ0v) is 42.5. The van der Waals surface area contributed by atoms with E-state index in [-0.39, 0.29) is 60.9 Å². The highest BCUT2D eigenvalue weighted by Crippen LogP contribution is 2.39. The summed E-state index contributed by atoms with van der Waals surface area (Å²) in [4.78, 5) is 72.3. The van der Waals surface area contributed by atoms with Crippen molar-refractivity contribution in [1.82, 2.24) is 25.1 Å². The molecule has 0 spiro atoms. The molecule has 5 rings (SSSR count). The van der Waals surface area contributed by atoms with E-state index >= 15 is 0 Å². The number of methoxy groups -OCH3 is 3. The first kappa shape index (κ1) is 55.7. The number of piperidine rings is 1. The molecule has 3 fully saturated rings. The van der Waals surface area contributed by atoms with Crippen molar-refractivity contribution < 1.29 is 57.9 Å². The summed E-state index contributed by atoms with van der Waals surface area (Å²) in [5.74, 6) is -7.89. The minimum absolute atomic E-state index is 0.0197. The third-order valence-electron chi connectivity index (χ3n) is 15.2. The number of tetrazole rings is 1. The van der Waals surface area contributed by atoms with Gasteiger partial charge in [-0.05, 0) is 117 Å². The number of allylic oxidation sites excluding steroid dienone is 6. The maximum atomic E-state index is 14.5. The lowest BCUT2D eigenvalue weighted by atomic mass is 9.77. The van der Waals surface area contributed by atoms with Crippen LogP contribution < -0.4 is 0 Å². The number of carbonyl (C=O) groups is 5. The second kappa shape index (κ2) is 25.7. The molecule has 1 unspecified atom stereocenters. The predicted molar refractivity (Wildman–Crippen MR) is 256 cm³/mol. The second-order valence-corrected chi connectivity index (χ2v) is 20.4. The van der Waals surface area contributed by atoms with Crippen molar-refractivity contribution in [3.05, 3.63) is 53.9 Å². The van der Waals surface area contributed by atoms with E-state index in [4.69, 9.17) is 23.7 Å². The fourth-order valence-corrected chi connectivity index (χ4v) is 10.8. The van der Waals surface area contributed by atoms with Gasteiger partial charge < -0.3 is 38.8 Å². The summed E-state index contributed by atoms with van der Waals surface area (Å²) in [7, 11) is 4.63. The van der Waals surface area contributed by atoms with Crippen molar-refractivity contribution in [3.63, 3.8) is 0 Å². The molecule has 1 saturated carbocycles. The molecular weight excluding hydrogens is 887 g/mol. The van der Waals surface area contributed by atoms with E-state index in [2.05, 4.69) is 15.5 Å². The van der Waals surface area contributed by atoms with Crippen LogP contribution in [0.4, 0.5) is 0 Å². The van der Waals surface area contributed by atoms with Gasteiger partial charge in [-0.2, -0.15) is 0 Å². The Labute approximate surface area is 408 Å². The molecule has 2 bridgehead atoms. The Morgan fingerprint density at radius 3 is 2.33 bits per heavy atom. The van der Waals surface area contributed by atoms with Crippen LogP contribution in [-0.4, -0.2) is 141 Å². The number of nitrogens with zero attached hydrogens (tertiary/aromatic N) is 5. The number of hydrogen-bond donors (Lipinski definition) is 2. The number of ether oxygens (including phenoxy) is 5. The molecule has 1 aromatic heterocycles. The molecule has 0 radical (unpaired) electrons. The molecule has 17 heteroatoms. The molecule has 1 aliphatic carbocycles. The molecule has 2 N–H and O–H groups in total. The van der Waals surface area contributed by atoms with Gasteiger partial charge in [0.1, 0.15) is 24.6 Å². The van der Waals surface area contributed by atoms with E-state index in [1.54, 1.807) is 52.1 Å². The van der Waals surface area contributed by atoms with Crippen molar-refractivity contribution in [2.24, 2.45) is 35.5 Å². The van der Waals surface area contributed by atoms with Gasteiger partial charge in [0, 0.05) is 58.5 Å². The van der Waals surface area contributed by atoms with Crippen molar-refractivity contribution in [2.75, 3.05) is 27.9 Å². The van der Waals surface area contributed by atoms with Gasteiger partial charge in [0.2, 0.25) is 5.79 Å². The van der Waals surface area contributed by atoms with Gasteiger partial charge in [-0.15, -0.1) is 5.10 Å². The summed E-state index contributed by atoms with van der Waals surface area (Å²) in [5.41, 5.74) is 1.20. The lowest BCUT2D eigenvalue weighted by Gasteiger charge is -2.42. The van der Waals surface area contributed by atoms with Crippen molar-refractivity contribution in [3.8, 4) is 0 Å².